The molecule has 0 bridgehead atoms. The first kappa shape index (κ1) is 24.5. The molecule has 0 saturated carbocycles. The molecule has 9 aromatic carbocycles. The molecule has 208 valence electrons. The fourth-order valence-corrected chi connectivity index (χ4v) is 7.52. The zero-order valence-corrected chi connectivity index (χ0v) is 24.4. The van der Waals surface area contributed by atoms with Crippen molar-refractivity contribution in [2.75, 3.05) is 0 Å². The molecular formula is C44H26O. The summed E-state index contributed by atoms with van der Waals surface area (Å²) in [5.41, 5.74) is 9.80. The number of hydrogen-bond donors (Lipinski definition) is 0. The molecule has 10 rings (SSSR count). The maximum Gasteiger partial charge on any atom is 0.135 e. The summed E-state index contributed by atoms with van der Waals surface area (Å²) >= 11 is 0. The Labute approximate surface area is 260 Å². The molecule has 0 radical (unpaired) electrons. The van der Waals surface area contributed by atoms with Gasteiger partial charge in [-0.3, -0.25) is 0 Å². The van der Waals surface area contributed by atoms with Crippen LogP contribution in [-0.2, 0) is 0 Å². The molecule has 0 aliphatic carbocycles. The summed E-state index contributed by atoms with van der Waals surface area (Å²) in [4.78, 5) is 0. The van der Waals surface area contributed by atoms with E-state index >= 15 is 0 Å². The van der Waals surface area contributed by atoms with Crippen molar-refractivity contribution in [2.45, 2.75) is 0 Å². The Morgan fingerprint density at radius 3 is 1.62 bits per heavy atom. The highest BCUT2D eigenvalue weighted by Crippen LogP contribution is 2.48. The molecule has 0 atom stereocenters. The molecule has 0 N–H and O–H groups in total. The smallest absolute Gasteiger partial charge is 0.135 e. The van der Waals surface area contributed by atoms with E-state index in [9.17, 15) is 0 Å². The molecule has 0 amide bonds. The van der Waals surface area contributed by atoms with Crippen LogP contribution in [0.1, 0.15) is 0 Å². The second-order valence-corrected chi connectivity index (χ2v) is 12.1. The van der Waals surface area contributed by atoms with Crippen molar-refractivity contribution in [1.29, 1.82) is 0 Å². The fourth-order valence-electron chi connectivity index (χ4n) is 7.52. The van der Waals surface area contributed by atoms with Crippen LogP contribution < -0.4 is 4.74 Å². The number of fused-ring (bicyclic) bond motifs is 2. The van der Waals surface area contributed by atoms with Crippen LogP contribution in [0.2, 0.25) is 0 Å². The van der Waals surface area contributed by atoms with E-state index in [0.29, 0.717) is 0 Å². The molecule has 0 aromatic heterocycles. The van der Waals surface area contributed by atoms with Crippen molar-refractivity contribution < 1.29 is 4.74 Å². The van der Waals surface area contributed by atoms with Gasteiger partial charge in [-0.2, -0.15) is 0 Å². The zero-order chi connectivity index (χ0) is 29.5. The maximum atomic E-state index is 6.27. The van der Waals surface area contributed by atoms with Crippen molar-refractivity contribution in [1.82, 2.24) is 0 Å². The lowest BCUT2D eigenvalue weighted by atomic mass is 9.87. The molecule has 0 spiro atoms. The number of para-hydroxylation sites is 1. The van der Waals surface area contributed by atoms with Crippen LogP contribution >= 0.6 is 0 Å². The molecule has 45 heavy (non-hydrogen) atoms. The lowest BCUT2D eigenvalue weighted by Crippen LogP contribution is -1.97. The van der Waals surface area contributed by atoms with Gasteiger partial charge in [0.2, 0.25) is 0 Å². The average molecular weight is 571 g/mol. The minimum atomic E-state index is 0.912. The van der Waals surface area contributed by atoms with Crippen LogP contribution in [0.15, 0.2) is 158 Å². The molecule has 1 nitrogen and oxygen atoms in total. The van der Waals surface area contributed by atoms with Gasteiger partial charge in [0.25, 0.3) is 0 Å². The average Bonchev–Trinajstić information content (AvgIpc) is 3.11. The summed E-state index contributed by atoms with van der Waals surface area (Å²) in [6.45, 7) is 0. The summed E-state index contributed by atoms with van der Waals surface area (Å²) in [6.07, 6.45) is 0. The van der Waals surface area contributed by atoms with Gasteiger partial charge in [-0.25, -0.2) is 0 Å². The molecule has 1 heteroatoms. The van der Waals surface area contributed by atoms with Crippen LogP contribution in [0.25, 0.3) is 87.6 Å². The molecular weight excluding hydrogens is 544 g/mol. The van der Waals surface area contributed by atoms with Gasteiger partial charge in [-0.05, 0) is 101 Å². The largest absolute Gasteiger partial charge is 0.456 e. The number of rotatable bonds is 3. The highest BCUT2D eigenvalue weighted by molar-refractivity contribution is 6.27. The van der Waals surface area contributed by atoms with Gasteiger partial charge in [-0.15, -0.1) is 0 Å². The highest BCUT2D eigenvalue weighted by atomic mass is 16.5. The van der Waals surface area contributed by atoms with E-state index in [1.807, 2.05) is 6.07 Å². The Morgan fingerprint density at radius 2 is 0.889 bits per heavy atom. The first-order valence-corrected chi connectivity index (χ1v) is 15.5. The summed E-state index contributed by atoms with van der Waals surface area (Å²) in [5.74, 6) is 1.84. The van der Waals surface area contributed by atoms with Crippen LogP contribution in [-0.4, -0.2) is 0 Å². The van der Waals surface area contributed by atoms with E-state index < -0.39 is 0 Å². The number of ether oxygens (including phenoxy) is 1. The summed E-state index contributed by atoms with van der Waals surface area (Å²) < 4.78 is 6.27. The summed E-state index contributed by atoms with van der Waals surface area (Å²) in [6, 6.07) is 57.4. The monoisotopic (exact) mass is 570 g/mol. The lowest BCUT2D eigenvalue weighted by molar-refractivity contribution is 0.487. The van der Waals surface area contributed by atoms with Crippen LogP contribution in [0.5, 0.6) is 11.5 Å². The first-order valence-electron chi connectivity index (χ1n) is 15.5. The van der Waals surface area contributed by atoms with Gasteiger partial charge in [0.15, 0.2) is 0 Å². The molecule has 9 aromatic rings. The van der Waals surface area contributed by atoms with Crippen molar-refractivity contribution in [3.63, 3.8) is 0 Å². The van der Waals surface area contributed by atoms with Crippen molar-refractivity contribution in [3.8, 4) is 56.0 Å². The molecule has 0 saturated heterocycles. The molecule has 0 unspecified atom stereocenters. The fraction of sp³-hybridized carbons (Fsp3) is 0. The van der Waals surface area contributed by atoms with Crippen LogP contribution in [0.4, 0.5) is 0 Å². The predicted molar refractivity (Wildman–Crippen MR) is 189 cm³/mol. The zero-order valence-electron chi connectivity index (χ0n) is 24.4. The predicted octanol–water partition coefficient (Wildman–Crippen LogP) is 12.5. The Bertz CT molecular complexity index is 2590. The van der Waals surface area contributed by atoms with Crippen molar-refractivity contribution in [3.05, 3.63) is 158 Å². The number of benzene rings is 9. The Morgan fingerprint density at radius 1 is 0.289 bits per heavy atom. The van der Waals surface area contributed by atoms with Crippen molar-refractivity contribution in [2.24, 2.45) is 0 Å². The van der Waals surface area contributed by atoms with Crippen LogP contribution in [0.3, 0.4) is 0 Å². The third-order valence-corrected chi connectivity index (χ3v) is 9.61. The van der Waals surface area contributed by atoms with E-state index in [2.05, 4.69) is 152 Å². The Kier molecular flexibility index (Phi) is 5.06. The van der Waals surface area contributed by atoms with E-state index in [0.717, 1.165) is 17.1 Å². The van der Waals surface area contributed by atoms with E-state index in [-0.39, 0.29) is 0 Å². The van der Waals surface area contributed by atoms with Crippen molar-refractivity contribution >= 4 is 43.1 Å². The van der Waals surface area contributed by atoms with Gasteiger partial charge in [-0.1, -0.05) is 133 Å². The van der Waals surface area contributed by atoms with Gasteiger partial charge in [0.05, 0.1) is 0 Å². The van der Waals surface area contributed by atoms with E-state index in [1.54, 1.807) is 0 Å². The van der Waals surface area contributed by atoms with Crippen LogP contribution in [0, 0.1) is 0 Å². The quantitative estimate of drug-likeness (QED) is 0.192. The SMILES string of the molecule is c1ccc(-c2ccc3ccc4c(-c5ccc(-c6cc7c8c(cccc8c6)Oc6ccccc6-7)cc5)ccc5ccc2c3c54)cc1. The first-order chi connectivity index (χ1) is 22.3. The summed E-state index contributed by atoms with van der Waals surface area (Å²) in [5, 5.41) is 10.2. The van der Waals surface area contributed by atoms with E-state index in [4.69, 9.17) is 4.74 Å². The summed E-state index contributed by atoms with van der Waals surface area (Å²) in [7, 11) is 0. The maximum absolute atomic E-state index is 6.27. The second-order valence-electron chi connectivity index (χ2n) is 12.1. The van der Waals surface area contributed by atoms with Gasteiger partial charge in [0.1, 0.15) is 11.5 Å². The molecule has 1 aliphatic heterocycles. The standard InChI is InChI=1S/C44H26O/c1-2-7-28(8-3-1)34-21-17-30-20-24-38-35(22-18-31-19-23-37(34)43(30)44(31)38)29-15-13-27(14-16-29)33-25-32-9-6-12-41-42(32)39(26-33)36-10-4-5-11-40(36)45-41/h1-26H. The third kappa shape index (κ3) is 3.62. The Hall–Kier alpha value is -5.92. The second kappa shape index (κ2) is 9.29. The molecule has 1 aliphatic rings. The molecule has 1 heterocycles. The number of hydrogen-bond acceptors (Lipinski definition) is 1. The minimum absolute atomic E-state index is 0.912. The topological polar surface area (TPSA) is 9.23 Å². The van der Waals surface area contributed by atoms with Gasteiger partial charge >= 0.3 is 0 Å². The highest BCUT2D eigenvalue weighted by Gasteiger charge is 2.21. The Balaban J connectivity index is 1.12. The molecule has 0 fully saturated rings. The lowest BCUT2D eigenvalue weighted by Gasteiger charge is -2.22. The van der Waals surface area contributed by atoms with Gasteiger partial charge in [0, 0.05) is 10.9 Å². The normalized spacial score (nSPS) is 12.2. The third-order valence-electron chi connectivity index (χ3n) is 9.61. The minimum Gasteiger partial charge on any atom is -0.456 e. The van der Waals surface area contributed by atoms with Gasteiger partial charge < -0.3 is 4.74 Å². The van der Waals surface area contributed by atoms with E-state index in [1.165, 1.54) is 82.0 Å².